The topological polar surface area (TPSA) is 65.4 Å². The van der Waals surface area contributed by atoms with E-state index >= 15 is 0 Å². The average Bonchev–Trinajstić information content (AvgIpc) is 3.40. The van der Waals surface area contributed by atoms with Crippen LogP contribution in [-0.2, 0) is 6.42 Å². The monoisotopic (exact) mass is 407 g/mol. The standard InChI is InChI=1S/C22H21N3O3S/c1-27-17-8-7-15(14-18(17)28-2)9-11-23-21(26)20-19(25-12-3-4-13-25)16-6-5-10-24-22(16)29-20/h3-8,10,12-14H,9,11H2,1-2H3,(H,23,26). The molecule has 0 aliphatic carbocycles. The molecule has 1 aromatic carbocycles. The van der Waals surface area contributed by atoms with Gasteiger partial charge in [0, 0.05) is 30.5 Å². The third-order valence-electron chi connectivity index (χ3n) is 4.66. The van der Waals surface area contributed by atoms with E-state index in [4.69, 9.17) is 9.47 Å². The summed E-state index contributed by atoms with van der Waals surface area (Å²) in [6.07, 6.45) is 6.31. The highest BCUT2D eigenvalue weighted by molar-refractivity contribution is 7.21. The summed E-state index contributed by atoms with van der Waals surface area (Å²) in [6.45, 7) is 0.515. The first-order valence-electron chi connectivity index (χ1n) is 9.21. The van der Waals surface area contributed by atoms with Crippen molar-refractivity contribution >= 4 is 27.5 Å². The molecule has 0 saturated heterocycles. The fourth-order valence-electron chi connectivity index (χ4n) is 3.25. The number of nitrogens with one attached hydrogen (secondary N) is 1. The summed E-state index contributed by atoms with van der Waals surface area (Å²) in [5.74, 6) is 1.27. The lowest BCUT2D eigenvalue weighted by Gasteiger charge is -2.10. The lowest BCUT2D eigenvalue weighted by Crippen LogP contribution is -2.25. The van der Waals surface area contributed by atoms with Gasteiger partial charge >= 0.3 is 0 Å². The van der Waals surface area contributed by atoms with Gasteiger partial charge in [0.15, 0.2) is 11.5 Å². The number of amides is 1. The predicted molar refractivity (Wildman–Crippen MR) is 115 cm³/mol. The Bertz CT molecular complexity index is 1140. The van der Waals surface area contributed by atoms with E-state index in [0.29, 0.717) is 29.3 Å². The van der Waals surface area contributed by atoms with Gasteiger partial charge in [0.05, 0.1) is 19.9 Å². The van der Waals surface area contributed by atoms with E-state index in [0.717, 1.165) is 21.5 Å². The Morgan fingerprint density at radius 2 is 1.90 bits per heavy atom. The van der Waals surface area contributed by atoms with Crippen molar-refractivity contribution in [1.82, 2.24) is 14.9 Å². The fraction of sp³-hybridized carbons (Fsp3) is 0.182. The number of aromatic nitrogens is 2. The zero-order valence-corrected chi connectivity index (χ0v) is 17.0. The summed E-state index contributed by atoms with van der Waals surface area (Å²) < 4.78 is 12.6. The quantitative estimate of drug-likeness (QED) is 0.501. The van der Waals surface area contributed by atoms with Crippen LogP contribution in [0.25, 0.3) is 15.9 Å². The summed E-state index contributed by atoms with van der Waals surface area (Å²) in [5, 5.41) is 4.01. The van der Waals surface area contributed by atoms with Crippen LogP contribution in [0.5, 0.6) is 11.5 Å². The maximum Gasteiger partial charge on any atom is 0.263 e. The Labute approximate surface area is 172 Å². The molecule has 3 heterocycles. The highest BCUT2D eigenvalue weighted by atomic mass is 32.1. The van der Waals surface area contributed by atoms with Crippen LogP contribution in [0.3, 0.4) is 0 Å². The summed E-state index contributed by atoms with van der Waals surface area (Å²) in [7, 11) is 3.22. The molecule has 0 atom stereocenters. The molecule has 0 bridgehead atoms. The molecular formula is C22H21N3O3S. The molecule has 7 heteroatoms. The summed E-state index contributed by atoms with van der Waals surface area (Å²) in [6, 6.07) is 13.5. The van der Waals surface area contributed by atoms with Crippen molar-refractivity contribution in [3.8, 4) is 17.2 Å². The minimum absolute atomic E-state index is 0.0998. The van der Waals surface area contributed by atoms with Gasteiger partial charge in [0.25, 0.3) is 5.91 Å². The lowest BCUT2D eigenvalue weighted by atomic mass is 10.1. The number of thiophene rings is 1. The summed E-state index contributed by atoms with van der Waals surface area (Å²) >= 11 is 1.41. The van der Waals surface area contributed by atoms with Crippen LogP contribution < -0.4 is 14.8 Å². The van der Waals surface area contributed by atoms with Gasteiger partial charge in [-0.25, -0.2) is 4.98 Å². The number of nitrogens with zero attached hydrogens (tertiary/aromatic N) is 2. The van der Waals surface area contributed by atoms with Gasteiger partial charge < -0.3 is 19.4 Å². The molecule has 0 fully saturated rings. The molecule has 29 heavy (non-hydrogen) atoms. The van der Waals surface area contributed by atoms with Crippen molar-refractivity contribution in [3.05, 3.63) is 71.5 Å². The van der Waals surface area contributed by atoms with Gasteiger partial charge in [0.2, 0.25) is 0 Å². The molecule has 0 radical (unpaired) electrons. The Morgan fingerprint density at radius 1 is 1.10 bits per heavy atom. The number of ether oxygens (including phenoxy) is 2. The Kier molecular flexibility index (Phi) is 5.48. The highest BCUT2D eigenvalue weighted by Crippen LogP contribution is 2.33. The molecule has 0 aliphatic heterocycles. The normalized spacial score (nSPS) is 10.8. The third-order valence-corrected chi connectivity index (χ3v) is 5.76. The van der Waals surface area contributed by atoms with E-state index < -0.39 is 0 Å². The largest absolute Gasteiger partial charge is 0.493 e. The first kappa shape index (κ1) is 19.0. The minimum Gasteiger partial charge on any atom is -0.493 e. The number of pyridine rings is 1. The van der Waals surface area contributed by atoms with Crippen molar-refractivity contribution in [2.75, 3.05) is 20.8 Å². The van der Waals surface area contributed by atoms with Crippen LogP contribution in [0.4, 0.5) is 0 Å². The van der Waals surface area contributed by atoms with Crippen molar-refractivity contribution in [2.24, 2.45) is 0 Å². The van der Waals surface area contributed by atoms with E-state index in [1.54, 1.807) is 20.4 Å². The first-order valence-corrected chi connectivity index (χ1v) is 10.0. The van der Waals surface area contributed by atoms with Gasteiger partial charge in [-0.05, 0) is 48.4 Å². The second kappa shape index (κ2) is 8.36. The molecule has 6 nitrogen and oxygen atoms in total. The fourth-order valence-corrected chi connectivity index (χ4v) is 4.31. The van der Waals surface area contributed by atoms with Crippen LogP contribution in [0.15, 0.2) is 61.1 Å². The summed E-state index contributed by atoms with van der Waals surface area (Å²) in [4.78, 5) is 18.9. The number of benzene rings is 1. The van der Waals surface area contributed by atoms with Gasteiger partial charge in [-0.15, -0.1) is 11.3 Å². The number of carbonyl (C=O) groups is 1. The van der Waals surface area contributed by atoms with E-state index in [1.165, 1.54) is 11.3 Å². The smallest absolute Gasteiger partial charge is 0.263 e. The van der Waals surface area contributed by atoms with Crippen LogP contribution in [0, 0.1) is 0 Å². The third kappa shape index (κ3) is 3.82. The minimum atomic E-state index is -0.0998. The second-order valence-corrected chi connectivity index (χ2v) is 7.42. The van der Waals surface area contributed by atoms with Crippen molar-refractivity contribution in [2.45, 2.75) is 6.42 Å². The lowest BCUT2D eigenvalue weighted by molar-refractivity contribution is 0.0958. The molecule has 0 spiro atoms. The van der Waals surface area contributed by atoms with E-state index in [9.17, 15) is 4.79 Å². The second-order valence-electron chi connectivity index (χ2n) is 6.42. The van der Waals surface area contributed by atoms with Crippen molar-refractivity contribution < 1.29 is 14.3 Å². The SMILES string of the molecule is COc1ccc(CCNC(=O)c2sc3ncccc3c2-n2cccc2)cc1OC. The molecule has 148 valence electrons. The number of hydrogen-bond acceptors (Lipinski definition) is 5. The first-order chi connectivity index (χ1) is 14.2. The molecule has 4 rings (SSSR count). The van der Waals surface area contributed by atoms with Gasteiger partial charge in [-0.1, -0.05) is 6.07 Å². The molecule has 3 aromatic heterocycles. The maximum atomic E-state index is 13.0. The van der Waals surface area contributed by atoms with Gasteiger partial charge in [-0.2, -0.15) is 0 Å². The Balaban J connectivity index is 1.52. The predicted octanol–water partition coefficient (Wildman–Crippen LogP) is 4.08. The highest BCUT2D eigenvalue weighted by Gasteiger charge is 2.20. The number of fused-ring (bicyclic) bond motifs is 1. The maximum absolute atomic E-state index is 13.0. The zero-order chi connectivity index (χ0) is 20.2. The molecule has 4 aromatic rings. The Hall–Kier alpha value is -3.32. The van der Waals surface area contributed by atoms with Crippen LogP contribution in [-0.4, -0.2) is 36.2 Å². The number of rotatable bonds is 7. The molecule has 0 unspecified atom stereocenters. The van der Waals surface area contributed by atoms with Crippen LogP contribution >= 0.6 is 11.3 Å². The zero-order valence-electron chi connectivity index (χ0n) is 16.2. The van der Waals surface area contributed by atoms with E-state index in [2.05, 4.69) is 10.3 Å². The van der Waals surface area contributed by atoms with E-state index in [1.807, 2.05) is 59.4 Å². The number of carbonyl (C=O) groups excluding carboxylic acids is 1. The van der Waals surface area contributed by atoms with Crippen LogP contribution in [0.1, 0.15) is 15.2 Å². The molecule has 1 amide bonds. The molecule has 0 aliphatic rings. The van der Waals surface area contributed by atoms with Gasteiger partial charge in [-0.3, -0.25) is 4.79 Å². The van der Waals surface area contributed by atoms with E-state index in [-0.39, 0.29) is 5.91 Å². The van der Waals surface area contributed by atoms with Crippen molar-refractivity contribution in [3.63, 3.8) is 0 Å². The molecule has 1 N–H and O–H groups in total. The average molecular weight is 407 g/mol. The number of hydrogen-bond donors (Lipinski definition) is 1. The number of methoxy groups -OCH3 is 2. The summed E-state index contributed by atoms with van der Waals surface area (Å²) in [5.41, 5.74) is 1.93. The molecule has 0 saturated carbocycles. The molecular weight excluding hydrogens is 386 g/mol. The van der Waals surface area contributed by atoms with Crippen molar-refractivity contribution in [1.29, 1.82) is 0 Å². The van der Waals surface area contributed by atoms with Crippen LogP contribution in [0.2, 0.25) is 0 Å². The van der Waals surface area contributed by atoms with Gasteiger partial charge in [0.1, 0.15) is 9.71 Å². The Morgan fingerprint density at radius 3 is 2.66 bits per heavy atom.